The number of hydrogen-bond donors (Lipinski definition) is 2. The van der Waals surface area contributed by atoms with Crippen LogP contribution in [0.3, 0.4) is 0 Å². The Labute approximate surface area is 137 Å². The summed E-state index contributed by atoms with van der Waals surface area (Å²) < 4.78 is 44.4. The van der Waals surface area contributed by atoms with Gasteiger partial charge in [0, 0.05) is 24.9 Å². The maximum Gasteiger partial charge on any atom is 0.416 e. The molecule has 1 amide bonds. The molecule has 1 saturated carbocycles. The minimum atomic E-state index is -4.55. The maximum absolute atomic E-state index is 12.8. The summed E-state index contributed by atoms with van der Waals surface area (Å²) in [5.41, 5.74) is 4.03. The SMILES string of the molecule is NC(=O)c1cc(C(F)(F)F)ccc1OC1[C@H]2CCC[C@H]1CN(O)C2. The maximum atomic E-state index is 12.8. The third kappa shape index (κ3) is 3.34. The Bertz CT molecular complexity index is 621. The Morgan fingerprint density at radius 3 is 2.42 bits per heavy atom. The largest absolute Gasteiger partial charge is 0.489 e. The molecule has 1 aliphatic carbocycles. The molecular formula is C16H19F3N2O3. The molecule has 2 fully saturated rings. The zero-order chi connectivity index (χ0) is 17.5. The lowest BCUT2D eigenvalue weighted by atomic mass is 9.75. The number of hydrogen-bond acceptors (Lipinski definition) is 4. The Kier molecular flexibility index (Phi) is 4.44. The highest BCUT2D eigenvalue weighted by Crippen LogP contribution is 2.39. The van der Waals surface area contributed by atoms with Crippen LogP contribution in [0.15, 0.2) is 18.2 Å². The number of nitrogens with two attached hydrogens (primary N) is 1. The summed E-state index contributed by atoms with van der Waals surface area (Å²) in [6.07, 6.45) is -2.03. The van der Waals surface area contributed by atoms with Gasteiger partial charge in [-0.25, -0.2) is 0 Å². The molecule has 0 radical (unpaired) electrons. The van der Waals surface area contributed by atoms with Gasteiger partial charge < -0.3 is 15.7 Å². The van der Waals surface area contributed by atoms with Crippen LogP contribution in [-0.4, -0.2) is 35.4 Å². The predicted molar refractivity (Wildman–Crippen MR) is 78.6 cm³/mol. The third-order valence-electron chi connectivity index (χ3n) is 4.80. The van der Waals surface area contributed by atoms with Gasteiger partial charge in [0.1, 0.15) is 11.9 Å². The molecule has 132 valence electrons. The monoisotopic (exact) mass is 344 g/mol. The fourth-order valence-corrected chi connectivity index (χ4v) is 3.70. The smallest absolute Gasteiger partial charge is 0.416 e. The predicted octanol–water partition coefficient (Wildman–Crippen LogP) is 2.67. The van der Waals surface area contributed by atoms with E-state index in [4.69, 9.17) is 10.5 Å². The van der Waals surface area contributed by atoms with Crippen LogP contribution in [0.25, 0.3) is 0 Å². The average Bonchev–Trinajstić information content (AvgIpc) is 2.47. The standard InChI is InChI=1S/C16H19F3N2O3/c17-16(18,19)11-4-5-13(12(6-11)15(20)22)24-14-9-2-1-3-10(14)8-21(23)7-9/h4-6,9-10,14,23H,1-3,7-8H2,(H2,20,22)/t9-,10-/m0/s1. The highest BCUT2D eigenvalue weighted by Gasteiger charge is 2.41. The zero-order valence-electron chi connectivity index (χ0n) is 12.9. The number of carbonyl (C=O) groups excluding carboxylic acids is 1. The molecule has 3 rings (SSSR count). The van der Waals surface area contributed by atoms with Gasteiger partial charge in [0.2, 0.25) is 0 Å². The Balaban J connectivity index is 1.88. The molecular weight excluding hydrogens is 325 g/mol. The van der Waals surface area contributed by atoms with Crippen LogP contribution < -0.4 is 10.5 Å². The number of amides is 1. The lowest BCUT2D eigenvalue weighted by molar-refractivity contribution is -0.170. The molecule has 2 atom stereocenters. The summed E-state index contributed by atoms with van der Waals surface area (Å²) in [5, 5.41) is 11.0. The molecule has 2 aliphatic rings. The lowest BCUT2D eigenvalue weighted by Gasteiger charge is -2.45. The van der Waals surface area contributed by atoms with Gasteiger partial charge in [0.15, 0.2) is 0 Å². The summed E-state index contributed by atoms with van der Waals surface area (Å²) >= 11 is 0. The molecule has 8 heteroatoms. The fourth-order valence-electron chi connectivity index (χ4n) is 3.70. The van der Waals surface area contributed by atoms with E-state index in [1.54, 1.807) is 0 Å². The van der Waals surface area contributed by atoms with Crippen LogP contribution in [0.5, 0.6) is 5.75 Å². The van der Waals surface area contributed by atoms with Gasteiger partial charge in [-0.3, -0.25) is 4.79 Å². The van der Waals surface area contributed by atoms with Crippen molar-refractivity contribution in [3.8, 4) is 5.75 Å². The minimum absolute atomic E-state index is 0.0730. The number of halogens is 3. The summed E-state index contributed by atoms with van der Waals surface area (Å²) in [4.78, 5) is 11.6. The molecule has 3 N–H and O–H groups in total. The van der Waals surface area contributed by atoms with E-state index >= 15 is 0 Å². The quantitative estimate of drug-likeness (QED) is 0.884. The molecule has 0 aromatic heterocycles. The van der Waals surface area contributed by atoms with Crippen LogP contribution in [0.4, 0.5) is 13.2 Å². The number of alkyl halides is 3. The molecule has 1 saturated heterocycles. The minimum Gasteiger partial charge on any atom is -0.489 e. The topological polar surface area (TPSA) is 75.8 Å². The van der Waals surface area contributed by atoms with E-state index in [0.717, 1.165) is 37.5 Å². The van der Waals surface area contributed by atoms with Crippen LogP contribution in [0.2, 0.25) is 0 Å². The Morgan fingerprint density at radius 1 is 1.25 bits per heavy atom. The number of ether oxygens (including phenoxy) is 1. The van der Waals surface area contributed by atoms with E-state index in [1.807, 2.05) is 0 Å². The lowest BCUT2D eigenvalue weighted by Crippen LogP contribution is -2.52. The number of rotatable bonds is 3. The van der Waals surface area contributed by atoms with Gasteiger partial charge in [0.05, 0.1) is 11.1 Å². The molecule has 5 nitrogen and oxygen atoms in total. The number of fused-ring (bicyclic) bond motifs is 2. The first-order valence-electron chi connectivity index (χ1n) is 7.87. The van der Waals surface area contributed by atoms with E-state index in [0.29, 0.717) is 13.1 Å². The van der Waals surface area contributed by atoms with Crippen molar-refractivity contribution in [2.75, 3.05) is 13.1 Å². The number of primary amides is 1. The van der Waals surface area contributed by atoms with E-state index in [1.165, 1.54) is 5.06 Å². The van der Waals surface area contributed by atoms with Gasteiger partial charge in [-0.15, -0.1) is 0 Å². The van der Waals surface area contributed by atoms with Gasteiger partial charge in [0.25, 0.3) is 5.91 Å². The van der Waals surface area contributed by atoms with Crippen LogP contribution in [-0.2, 0) is 6.18 Å². The Morgan fingerprint density at radius 2 is 1.88 bits per heavy atom. The van der Waals surface area contributed by atoms with Crippen molar-refractivity contribution >= 4 is 5.91 Å². The highest BCUT2D eigenvalue weighted by molar-refractivity contribution is 5.95. The molecule has 0 spiro atoms. The fraction of sp³-hybridized carbons (Fsp3) is 0.562. The molecule has 1 aliphatic heterocycles. The van der Waals surface area contributed by atoms with Crippen molar-refractivity contribution < 1.29 is 27.9 Å². The number of piperidine rings is 1. The molecule has 1 aromatic carbocycles. The summed E-state index contributed by atoms with van der Waals surface area (Å²) in [6, 6.07) is 2.78. The number of carbonyl (C=O) groups is 1. The third-order valence-corrected chi connectivity index (χ3v) is 4.80. The number of hydroxylamine groups is 2. The van der Waals surface area contributed by atoms with E-state index in [2.05, 4.69) is 0 Å². The van der Waals surface area contributed by atoms with Crippen LogP contribution in [0, 0.1) is 11.8 Å². The van der Waals surface area contributed by atoms with Crippen molar-refractivity contribution in [3.05, 3.63) is 29.3 Å². The summed E-state index contributed by atoms with van der Waals surface area (Å²) in [6.45, 7) is 0.904. The molecule has 1 aromatic rings. The van der Waals surface area contributed by atoms with Crippen molar-refractivity contribution in [2.45, 2.75) is 31.5 Å². The average molecular weight is 344 g/mol. The number of nitrogens with zero attached hydrogens (tertiary/aromatic N) is 1. The highest BCUT2D eigenvalue weighted by atomic mass is 19.4. The first-order valence-corrected chi connectivity index (χ1v) is 7.87. The van der Waals surface area contributed by atoms with Crippen molar-refractivity contribution in [1.29, 1.82) is 0 Å². The normalized spacial score (nSPS) is 27.8. The van der Waals surface area contributed by atoms with Crippen molar-refractivity contribution in [1.82, 2.24) is 5.06 Å². The first kappa shape index (κ1) is 17.0. The second-order valence-corrected chi connectivity index (χ2v) is 6.48. The summed E-state index contributed by atoms with van der Waals surface area (Å²) in [7, 11) is 0. The van der Waals surface area contributed by atoms with Gasteiger partial charge in [-0.1, -0.05) is 6.42 Å². The molecule has 24 heavy (non-hydrogen) atoms. The van der Waals surface area contributed by atoms with E-state index in [-0.39, 0.29) is 29.3 Å². The Hall–Kier alpha value is -1.80. The molecule has 0 unspecified atom stereocenters. The number of benzene rings is 1. The van der Waals surface area contributed by atoms with Gasteiger partial charge >= 0.3 is 6.18 Å². The molecule has 2 bridgehead atoms. The van der Waals surface area contributed by atoms with Gasteiger partial charge in [-0.05, 0) is 31.0 Å². The second-order valence-electron chi connectivity index (χ2n) is 6.48. The zero-order valence-corrected chi connectivity index (χ0v) is 12.9. The summed E-state index contributed by atoms with van der Waals surface area (Å²) in [5.74, 6) is -0.735. The van der Waals surface area contributed by atoms with Crippen molar-refractivity contribution in [3.63, 3.8) is 0 Å². The van der Waals surface area contributed by atoms with Crippen LogP contribution >= 0.6 is 0 Å². The molecule has 1 heterocycles. The first-order chi connectivity index (χ1) is 11.3. The van der Waals surface area contributed by atoms with E-state index in [9.17, 15) is 23.2 Å². The van der Waals surface area contributed by atoms with Crippen molar-refractivity contribution in [2.24, 2.45) is 17.6 Å². The van der Waals surface area contributed by atoms with Crippen LogP contribution in [0.1, 0.15) is 35.2 Å². The van der Waals surface area contributed by atoms with E-state index < -0.39 is 17.6 Å². The van der Waals surface area contributed by atoms with Gasteiger partial charge in [-0.2, -0.15) is 18.2 Å². The second kappa shape index (κ2) is 6.25.